The Balaban J connectivity index is 2.00. The van der Waals surface area contributed by atoms with Gasteiger partial charge in [0.2, 0.25) is 0 Å². The number of hydrogen-bond acceptors (Lipinski definition) is 5. The maximum Gasteiger partial charge on any atom is 0.301 e. The number of anilines is 1. The maximum atomic E-state index is 11.4. The zero-order chi connectivity index (χ0) is 14.8. The van der Waals surface area contributed by atoms with Crippen molar-refractivity contribution in [3.63, 3.8) is 0 Å². The molecule has 1 N–H and O–H groups in total. The van der Waals surface area contributed by atoms with Gasteiger partial charge in [-0.05, 0) is 53.1 Å². The molecule has 1 aromatic carbocycles. The molecule has 0 spiro atoms. The minimum atomic E-state index is -0.354. The van der Waals surface area contributed by atoms with Crippen molar-refractivity contribution in [1.82, 2.24) is 4.98 Å². The van der Waals surface area contributed by atoms with E-state index in [0.29, 0.717) is 23.1 Å². The average Bonchev–Trinajstić information content (AvgIpc) is 2.89. The van der Waals surface area contributed by atoms with Gasteiger partial charge in [-0.3, -0.25) is 15.1 Å². The molecule has 0 radical (unpaired) electrons. The second-order valence-electron chi connectivity index (χ2n) is 4.72. The Morgan fingerprint density at radius 2 is 2.19 bits per heavy atom. The maximum absolute atomic E-state index is 11.4. The first-order valence-electron chi connectivity index (χ1n) is 6.44. The van der Waals surface area contributed by atoms with Crippen molar-refractivity contribution in [3.8, 4) is 0 Å². The Morgan fingerprint density at radius 1 is 1.33 bits per heavy atom. The van der Waals surface area contributed by atoms with Crippen molar-refractivity contribution in [1.29, 1.82) is 0 Å². The molecule has 5 nitrogen and oxygen atoms in total. The van der Waals surface area contributed by atoms with Crippen molar-refractivity contribution >= 4 is 33.6 Å². The van der Waals surface area contributed by atoms with E-state index in [1.54, 1.807) is 41.8 Å². The van der Waals surface area contributed by atoms with Crippen LogP contribution in [-0.2, 0) is 6.54 Å². The predicted octanol–water partition coefficient (Wildman–Crippen LogP) is 4.13. The van der Waals surface area contributed by atoms with Gasteiger partial charge in [0.25, 0.3) is 0 Å². The van der Waals surface area contributed by atoms with E-state index >= 15 is 0 Å². The second-order valence-corrected chi connectivity index (χ2v) is 5.47. The molecule has 2 heterocycles. The van der Waals surface area contributed by atoms with Crippen molar-refractivity contribution in [2.75, 3.05) is 5.32 Å². The molecule has 0 unspecified atom stereocenters. The van der Waals surface area contributed by atoms with Crippen molar-refractivity contribution in [3.05, 3.63) is 62.5 Å². The normalized spacial score (nSPS) is 10.7. The largest absolute Gasteiger partial charge is 0.375 e. The smallest absolute Gasteiger partial charge is 0.301 e. The highest BCUT2D eigenvalue weighted by Gasteiger charge is 2.18. The van der Waals surface area contributed by atoms with Crippen LogP contribution in [0, 0.1) is 17.0 Å². The van der Waals surface area contributed by atoms with E-state index in [9.17, 15) is 10.1 Å². The fraction of sp³-hybridized carbons (Fsp3) is 0.133. The van der Waals surface area contributed by atoms with Gasteiger partial charge in [0, 0.05) is 12.7 Å². The molecule has 0 bridgehead atoms. The number of fused-ring (bicyclic) bond motifs is 1. The minimum absolute atomic E-state index is 0.0773. The molecule has 3 aromatic rings. The van der Waals surface area contributed by atoms with Gasteiger partial charge in [-0.25, -0.2) is 0 Å². The van der Waals surface area contributed by atoms with Crippen LogP contribution in [0.5, 0.6) is 0 Å². The summed E-state index contributed by atoms with van der Waals surface area (Å²) in [4.78, 5) is 15.2. The van der Waals surface area contributed by atoms with Crippen LogP contribution in [0.2, 0.25) is 0 Å². The lowest BCUT2D eigenvalue weighted by Gasteiger charge is -2.08. The van der Waals surface area contributed by atoms with E-state index in [1.807, 2.05) is 6.92 Å². The number of benzene rings is 1. The molecule has 106 valence electrons. The van der Waals surface area contributed by atoms with Crippen LogP contribution in [0.15, 0.2) is 41.2 Å². The number of rotatable bonds is 4. The zero-order valence-electron chi connectivity index (χ0n) is 11.4. The summed E-state index contributed by atoms with van der Waals surface area (Å²) in [5.74, 6) is 0. The van der Waals surface area contributed by atoms with Crippen LogP contribution in [0.25, 0.3) is 10.9 Å². The van der Waals surface area contributed by atoms with Crippen molar-refractivity contribution < 1.29 is 4.92 Å². The van der Waals surface area contributed by atoms with E-state index in [1.165, 1.54) is 5.56 Å². The summed E-state index contributed by atoms with van der Waals surface area (Å²) in [6, 6.07) is 6.95. The Kier molecular flexibility index (Phi) is 3.53. The third kappa shape index (κ3) is 2.57. The van der Waals surface area contributed by atoms with Crippen LogP contribution in [0.4, 0.5) is 11.4 Å². The average molecular weight is 299 g/mol. The summed E-state index contributed by atoms with van der Waals surface area (Å²) < 4.78 is 0. The van der Waals surface area contributed by atoms with Gasteiger partial charge >= 0.3 is 5.69 Å². The zero-order valence-corrected chi connectivity index (χ0v) is 12.2. The van der Waals surface area contributed by atoms with Crippen molar-refractivity contribution in [2.24, 2.45) is 0 Å². The van der Waals surface area contributed by atoms with Crippen LogP contribution in [0.1, 0.15) is 11.1 Å². The number of aromatic nitrogens is 1. The summed E-state index contributed by atoms with van der Waals surface area (Å²) >= 11 is 1.63. The van der Waals surface area contributed by atoms with Gasteiger partial charge < -0.3 is 5.32 Å². The quantitative estimate of drug-likeness (QED) is 0.581. The number of nitro groups is 1. The van der Waals surface area contributed by atoms with E-state index < -0.39 is 0 Å². The summed E-state index contributed by atoms with van der Waals surface area (Å²) in [7, 11) is 0. The van der Waals surface area contributed by atoms with Gasteiger partial charge in [-0.15, -0.1) is 0 Å². The predicted molar refractivity (Wildman–Crippen MR) is 84.8 cm³/mol. The molecular formula is C15H13N3O2S. The molecule has 6 heteroatoms. The standard InChI is InChI=1S/C15H13N3O2S/c1-10-8-21-9-11(10)7-17-14-5-4-13-12(3-2-6-16-13)15(14)18(19)20/h2-6,8-9,17H,7H2,1H3. The summed E-state index contributed by atoms with van der Waals surface area (Å²) in [6.45, 7) is 2.61. The number of nitrogens with one attached hydrogen (secondary N) is 1. The van der Waals surface area contributed by atoms with Gasteiger partial charge in [-0.1, -0.05) is 0 Å². The fourth-order valence-corrected chi connectivity index (χ4v) is 3.09. The van der Waals surface area contributed by atoms with Gasteiger partial charge in [-0.2, -0.15) is 11.3 Å². The van der Waals surface area contributed by atoms with E-state index in [0.717, 1.165) is 5.56 Å². The van der Waals surface area contributed by atoms with Crippen LogP contribution >= 0.6 is 11.3 Å². The summed E-state index contributed by atoms with van der Waals surface area (Å²) in [5.41, 5.74) is 3.57. The molecule has 0 aliphatic heterocycles. The van der Waals surface area contributed by atoms with E-state index in [2.05, 4.69) is 21.1 Å². The molecule has 0 amide bonds. The Bertz CT molecular complexity index is 814. The van der Waals surface area contributed by atoms with Crippen LogP contribution in [0.3, 0.4) is 0 Å². The minimum Gasteiger partial charge on any atom is -0.375 e. The SMILES string of the molecule is Cc1cscc1CNc1ccc2ncccc2c1[N+](=O)[O-]. The molecule has 0 aliphatic carbocycles. The van der Waals surface area contributed by atoms with Crippen molar-refractivity contribution in [2.45, 2.75) is 13.5 Å². The first-order valence-corrected chi connectivity index (χ1v) is 7.39. The molecule has 0 fully saturated rings. The second kappa shape index (κ2) is 5.49. The lowest BCUT2D eigenvalue weighted by molar-refractivity contribution is -0.382. The van der Waals surface area contributed by atoms with E-state index in [-0.39, 0.29) is 10.6 Å². The van der Waals surface area contributed by atoms with Crippen LogP contribution in [-0.4, -0.2) is 9.91 Å². The number of aryl methyl sites for hydroxylation is 1. The molecular weight excluding hydrogens is 286 g/mol. The van der Waals surface area contributed by atoms with Gasteiger partial charge in [0.1, 0.15) is 5.69 Å². The molecule has 3 rings (SSSR count). The lowest BCUT2D eigenvalue weighted by atomic mass is 10.1. The number of thiophene rings is 1. The van der Waals surface area contributed by atoms with Gasteiger partial charge in [0.15, 0.2) is 0 Å². The Morgan fingerprint density at radius 3 is 2.90 bits per heavy atom. The summed E-state index contributed by atoms with van der Waals surface area (Å²) in [5, 5.41) is 19.2. The molecule has 0 saturated carbocycles. The molecule has 0 aliphatic rings. The highest BCUT2D eigenvalue weighted by Crippen LogP contribution is 2.32. The first-order chi connectivity index (χ1) is 10.2. The lowest BCUT2D eigenvalue weighted by Crippen LogP contribution is -2.03. The third-order valence-electron chi connectivity index (χ3n) is 3.37. The number of nitrogens with zero attached hydrogens (tertiary/aromatic N) is 2. The Hall–Kier alpha value is -2.47. The van der Waals surface area contributed by atoms with E-state index in [4.69, 9.17) is 0 Å². The highest BCUT2D eigenvalue weighted by atomic mass is 32.1. The summed E-state index contributed by atoms with van der Waals surface area (Å²) in [6.07, 6.45) is 1.63. The highest BCUT2D eigenvalue weighted by molar-refractivity contribution is 7.08. The number of nitro benzene ring substituents is 1. The third-order valence-corrected chi connectivity index (χ3v) is 4.28. The molecule has 0 saturated heterocycles. The Labute approximate surface area is 125 Å². The molecule has 0 atom stereocenters. The van der Waals surface area contributed by atoms with Gasteiger partial charge in [0.05, 0.1) is 15.8 Å². The molecule has 21 heavy (non-hydrogen) atoms. The van der Waals surface area contributed by atoms with Crippen LogP contribution < -0.4 is 5.32 Å². The number of hydrogen-bond donors (Lipinski definition) is 1. The fourth-order valence-electron chi connectivity index (χ4n) is 2.23. The number of pyridine rings is 1. The topological polar surface area (TPSA) is 68.1 Å². The monoisotopic (exact) mass is 299 g/mol. The molecule has 2 aromatic heterocycles. The first kappa shape index (κ1) is 13.5.